The maximum Gasteiger partial charge on any atom is 0.305 e. The fourth-order valence-corrected chi connectivity index (χ4v) is 1.61. The van der Waals surface area contributed by atoms with Gasteiger partial charge in [-0.1, -0.05) is 32.6 Å². The molecule has 0 amide bonds. The van der Waals surface area contributed by atoms with E-state index in [9.17, 15) is 4.79 Å². The van der Waals surface area contributed by atoms with Crippen molar-refractivity contribution in [2.75, 3.05) is 12.4 Å². The van der Waals surface area contributed by atoms with Gasteiger partial charge in [0.05, 0.1) is 6.61 Å². The maximum atomic E-state index is 11.0. The number of thiol groups is 1. The third-order valence-corrected chi connectivity index (χ3v) is 2.59. The zero-order valence-corrected chi connectivity index (χ0v) is 10.7. The summed E-state index contributed by atoms with van der Waals surface area (Å²) in [6, 6.07) is 0. The van der Waals surface area contributed by atoms with Gasteiger partial charge in [0.2, 0.25) is 0 Å². The number of hydrogen-bond donors (Lipinski definition) is 1. The number of carbonyl (C=O) groups is 1. The molecule has 0 aliphatic heterocycles. The highest BCUT2D eigenvalue weighted by Crippen LogP contribution is 2.06. The minimum absolute atomic E-state index is 0.0485. The third kappa shape index (κ3) is 11.7. The summed E-state index contributed by atoms with van der Waals surface area (Å²) in [5.41, 5.74) is 0. The Hall–Kier alpha value is -0.180. The second-order valence-electron chi connectivity index (χ2n) is 3.82. The molecule has 0 saturated carbocycles. The molecule has 0 aromatic carbocycles. The van der Waals surface area contributed by atoms with E-state index in [0.29, 0.717) is 13.0 Å². The lowest BCUT2D eigenvalue weighted by Gasteiger charge is -2.03. The first-order valence-corrected chi connectivity index (χ1v) is 6.71. The standard InChI is InChI=1S/C12H24O2S/c1-2-9-12(13)14-10-7-5-3-4-6-8-11-15/h15H,2-11H2,1H3. The second kappa shape index (κ2) is 11.9. The highest BCUT2D eigenvalue weighted by Gasteiger charge is 1.99. The fraction of sp³-hybridized carbons (Fsp3) is 0.917. The summed E-state index contributed by atoms with van der Waals surface area (Å²) in [5.74, 6) is 0.946. The van der Waals surface area contributed by atoms with Gasteiger partial charge in [0.15, 0.2) is 0 Å². The summed E-state index contributed by atoms with van der Waals surface area (Å²) in [6.07, 6.45) is 8.64. The molecule has 0 aromatic heterocycles. The third-order valence-electron chi connectivity index (χ3n) is 2.27. The molecule has 0 saturated heterocycles. The smallest absolute Gasteiger partial charge is 0.305 e. The number of rotatable bonds is 10. The minimum Gasteiger partial charge on any atom is -0.466 e. The second-order valence-corrected chi connectivity index (χ2v) is 4.26. The van der Waals surface area contributed by atoms with Gasteiger partial charge in [0, 0.05) is 6.42 Å². The van der Waals surface area contributed by atoms with Crippen LogP contribution in [0.2, 0.25) is 0 Å². The number of esters is 1. The van der Waals surface area contributed by atoms with Crippen LogP contribution in [0.15, 0.2) is 0 Å². The molecular formula is C12H24O2S. The van der Waals surface area contributed by atoms with Crippen LogP contribution in [-0.4, -0.2) is 18.3 Å². The van der Waals surface area contributed by atoms with Crippen LogP contribution in [-0.2, 0) is 9.53 Å². The number of carbonyl (C=O) groups excluding carboxylic acids is 1. The Morgan fingerprint density at radius 2 is 1.67 bits per heavy atom. The van der Waals surface area contributed by atoms with Crippen molar-refractivity contribution in [1.29, 1.82) is 0 Å². The van der Waals surface area contributed by atoms with E-state index in [0.717, 1.165) is 18.6 Å². The van der Waals surface area contributed by atoms with E-state index < -0.39 is 0 Å². The van der Waals surface area contributed by atoms with Gasteiger partial charge in [-0.2, -0.15) is 12.6 Å². The van der Waals surface area contributed by atoms with Gasteiger partial charge < -0.3 is 4.74 Å². The van der Waals surface area contributed by atoms with E-state index >= 15 is 0 Å². The largest absolute Gasteiger partial charge is 0.466 e. The van der Waals surface area contributed by atoms with Crippen molar-refractivity contribution in [3.05, 3.63) is 0 Å². The first-order valence-electron chi connectivity index (χ1n) is 6.07. The van der Waals surface area contributed by atoms with Gasteiger partial charge in [-0.15, -0.1) is 0 Å². The van der Waals surface area contributed by atoms with Crippen LogP contribution in [0, 0.1) is 0 Å². The van der Waals surface area contributed by atoms with Crippen molar-refractivity contribution in [2.45, 2.75) is 58.3 Å². The number of unbranched alkanes of at least 4 members (excludes halogenated alkanes) is 5. The maximum absolute atomic E-state index is 11.0. The lowest BCUT2D eigenvalue weighted by Crippen LogP contribution is -2.04. The van der Waals surface area contributed by atoms with Crippen LogP contribution < -0.4 is 0 Å². The van der Waals surface area contributed by atoms with Crippen molar-refractivity contribution in [2.24, 2.45) is 0 Å². The summed E-state index contributed by atoms with van der Waals surface area (Å²) in [7, 11) is 0. The van der Waals surface area contributed by atoms with Gasteiger partial charge in [-0.05, 0) is 25.0 Å². The molecule has 15 heavy (non-hydrogen) atoms. The van der Waals surface area contributed by atoms with E-state index in [1.165, 1.54) is 32.1 Å². The van der Waals surface area contributed by atoms with E-state index in [2.05, 4.69) is 12.6 Å². The van der Waals surface area contributed by atoms with Crippen LogP contribution in [0.25, 0.3) is 0 Å². The van der Waals surface area contributed by atoms with Gasteiger partial charge in [-0.3, -0.25) is 4.79 Å². The number of ether oxygens (including phenoxy) is 1. The van der Waals surface area contributed by atoms with Crippen LogP contribution in [0.4, 0.5) is 0 Å². The molecule has 0 aliphatic rings. The first-order chi connectivity index (χ1) is 7.31. The van der Waals surface area contributed by atoms with Gasteiger partial charge >= 0.3 is 5.97 Å². The zero-order valence-electron chi connectivity index (χ0n) is 9.83. The predicted molar refractivity (Wildman–Crippen MR) is 67.4 cm³/mol. The van der Waals surface area contributed by atoms with Crippen LogP contribution in [0.5, 0.6) is 0 Å². The van der Waals surface area contributed by atoms with Crippen molar-refractivity contribution >= 4 is 18.6 Å². The normalized spacial score (nSPS) is 10.3. The summed E-state index contributed by atoms with van der Waals surface area (Å²) in [4.78, 5) is 11.0. The van der Waals surface area contributed by atoms with Gasteiger partial charge in [-0.25, -0.2) is 0 Å². The lowest BCUT2D eigenvalue weighted by atomic mass is 10.1. The molecule has 0 N–H and O–H groups in total. The van der Waals surface area contributed by atoms with E-state index in [1.54, 1.807) is 0 Å². The molecule has 0 atom stereocenters. The summed E-state index contributed by atoms with van der Waals surface area (Å²) >= 11 is 4.16. The van der Waals surface area contributed by atoms with Crippen LogP contribution >= 0.6 is 12.6 Å². The zero-order chi connectivity index (χ0) is 11.4. The quantitative estimate of drug-likeness (QED) is 0.354. The molecule has 0 spiro atoms. The molecule has 0 aliphatic carbocycles. The molecule has 0 heterocycles. The van der Waals surface area contributed by atoms with Crippen molar-refractivity contribution in [1.82, 2.24) is 0 Å². The van der Waals surface area contributed by atoms with Crippen molar-refractivity contribution in [3.8, 4) is 0 Å². The number of hydrogen-bond acceptors (Lipinski definition) is 3. The predicted octanol–water partition coefficient (Wildman–Crippen LogP) is 3.60. The van der Waals surface area contributed by atoms with E-state index in [4.69, 9.17) is 4.74 Å². The molecule has 0 fully saturated rings. The van der Waals surface area contributed by atoms with Gasteiger partial charge in [0.1, 0.15) is 0 Å². The topological polar surface area (TPSA) is 26.3 Å². The Morgan fingerprint density at radius 3 is 2.27 bits per heavy atom. The summed E-state index contributed by atoms with van der Waals surface area (Å²) in [6.45, 7) is 2.59. The molecular weight excluding hydrogens is 208 g/mol. The highest BCUT2D eigenvalue weighted by molar-refractivity contribution is 7.80. The SMILES string of the molecule is CCCC(=O)OCCCCCCCCS. The molecule has 2 nitrogen and oxygen atoms in total. The summed E-state index contributed by atoms with van der Waals surface area (Å²) in [5, 5.41) is 0. The van der Waals surface area contributed by atoms with Crippen molar-refractivity contribution in [3.63, 3.8) is 0 Å². The van der Waals surface area contributed by atoms with Crippen LogP contribution in [0.1, 0.15) is 58.3 Å². The van der Waals surface area contributed by atoms with Crippen LogP contribution in [0.3, 0.4) is 0 Å². The van der Waals surface area contributed by atoms with Crippen molar-refractivity contribution < 1.29 is 9.53 Å². The molecule has 0 rings (SSSR count). The molecule has 0 radical (unpaired) electrons. The highest BCUT2D eigenvalue weighted by atomic mass is 32.1. The average molecular weight is 232 g/mol. The Bertz CT molecular complexity index is 149. The van der Waals surface area contributed by atoms with E-state index in [1.807, 2.05) is 6.92 Å². The fourth-order valence-electron chi connectivity index (χ4n) is 1.38. The Labute approximate surface area is 99.2 Å². The minimum atomic E-state index is -0.0485. The molecule has 0 aromatic rings. The molecule has 90 valence electrons. The molecule has 3 heteroatoms. The summed E-state index contributed by atoms with van der Waals surface area (Å²) < 4.78 is 5.06. The van der Waals surface area contributed by atoms with E-state index in [-0.39, 0.29) is 5.97 Å². The Balaban J connectivity index is 3.01. The molecule has 0 bridgehead atoms. The first kappa shape index (κ1) is 14.8. The molecule has 0 unspecified atom stereocenters. The van der Waals surface area contributed by atoms with Gasteiger partial charge in [0.25, 0.3) is 0 Å². The average Bonchev–Trinajstić information content (AvgIpc) is 2.22. The Kier molecular flexibility index (Phi) is 11.7. The monoisotopic (exact) mass is 232 g/mol. The Morgan fingerprint density at radius 1 is 1.07 bits per heavy atom. The lowest BCUT2D eigenvalue weighted by molar-refractivity contribution is -0.143.